The number of urea groups is 1. The first-order valence-electron chi connectivity index (χ1n) is 13.9. The van der Waals surface area contributed by atoms with Crippen LogP contribution in [-0.4, -0.2) is 83.9 Å². The van der Waals surface area contributed by atoms with E-state index >= 15 is 0 Å². The topological polar surface area (TPSA) is 111 Å². The van der Waals surface area contributed by atoms with Crippen molar-refractivity contribution in [1.29, 1.82) is 0 Å². The van der Waals surface area contributed by atoms with E-state index in [1.807, 2.05) is 6.92 Å². The van der Waals surface area contributed by atoms with Gasteiger partial charge in [0.25, 0.3) is 0 Å². The Labute approximate surface area is 233 Å². The molecule has 0 aromatic heterocycles. The summed E-state index contributed by atoms with van der Waals surface area (Å²) in [5, 5.41) is 15.4. The lowest BCUT2D eigenvalue weighted by Gasteiger charge is -2.34. The summed E-state index contributed by atoms with van der Waals surface area (Å²) in [4.78, 5) is 41.5. The zero-order chi connectivity index (χ0) is 29.4. The van der Waals surface area contributed by atoms with Crippen molar-refractivity contribution < 1.29 is 37.4 Å². The largest absolute Gasteiger partial charge is 0.488 e. The van der Waals surface area contributed by atoms with Crippen LogP contribution >= 0.6 is 0 Å². The molecule has 1 aromatic carbocycles. The van der Waals surface area contributed by atoms with Gasteiger partial charge in [0.2, 0.25) is 11.8 Å². The van der Waals surface area contributed by atoms with Crippen LogP contribution < -0.4 is 15.4 Å². The number of amides is 4. The van der Waals surface area contributed by atoms with Crippen LogP contribution in [0.5, 0.6) is 5.75 Å². The number of carbonyl (C=O) groups excluding carboxylic acids is 3. The zero-order valence-electron chi connectivity index (χ0n) is 23.4. The Morgan fingerprint density at radius 3 is 2.58 bits per heavy atom. The van der Waals surface area contributed by atoms with Crippen LogP contribution in [0.4, 0.5) is 23.7 Å². The van der Waals surface area contributed by atoms with Crippen LogP contribution in [0.25, 0.3) is 0 Å². The average Bonchev–Trinajstić information content (AvgIpc) is 2.94. The molecule has 0 saturated heterocycles. The van der Waals surface area contributed by atoms with E-state index in [4.69, 9.17) is 4.74 Å². The Hall–Kier alpha value is -3.02. The van der Waals surface area contributed by atoms with Crippen molar-refractivity contribution in [3.63, 3.8) is 0 Å². The van der Waals surface area contributed by atoms with E-state index in [2.05, 4.69) is 10.6 Å². The Morgan fingerprint density at radius 2 is 1.93 bits per heavy atom. The van der Waals surface area contributed by atoms with E-state index in [-0.39, 0.29) is 49.2 Å². The van der Waals surface area contributed by atoms with Crippen molar-refractivity contribution in [3.8, 4) is 5.75 Å². The molecule has 1 saturated carbocycles. The van der Waals surface area contributed by atoms with Gasteiger partial charge in [-0.3, -0.25) is 9.59 Å². The summed E-state index contributed by atoms with van der Waals surface area (Å²) in [5.41, 5.74) is 0.694. The number of aliphatic hydroxyl groups excluding tert-OH is 1. The summed E-state index contributed by atoms with van der Waals surface area (Å²) in [6, 6.07) is 4.10. The first-order valence-corrected chi connectivity index (χ1v) is 13.9. The SMILES string of the molecule is C[C@H](CO)N1C[C@H](C)[C@@H](CN(C)C(=O)NC2CCCCC2)Oc2ccc(NC(=O)CCC(F)(F)F)cc2CC1=O. The van der Waals surface area contributed by atoms with E-state index in [1.165, 1.54) is 18.6 Å². The normalized spacial score (nSPS) is 21.3. The maximum atomic E-state index is 13.3. The number of nitrogens with zero attached hydrogens (tertiary/aromatic N) is 2. The fourth-order valence-corrected chi connectivity index (χ4v) is 5.09. The predicted octanol–water partition coefficient (Wildman–Crippen LogP) is 4.09. The summed E-state index contributed by atoms with van der Waals surface area (Å²) in [7, 11) is 1.70. The number of rotatable bonds is 8. The summed E-state index contributed by atoms with van der Waals surface area (Å²) < 4.78 is 43.9. The van der Waals surface area contributed by atoms with E-state index in [0.717, 1.165) is 25.7 Å². The molecule has 1 aliphatic carbocycles. The Balaban J connectivity index is 1.81. The van der Waals surface area contributed by atoms with Gasteiger partial charge in [0.1, 0.15) is 11.9 Å². The van der Waals surface area contributed by atoms with Crippen LogP contribution in [0.3, 0.4) is 0 Å². The van der Waals surface area contributed by atoms with Crippen LogP contribution in [0.1, 0.15) is 64.4 Å². The molecule has 0 spiro atoms. The van der Waals surface area contributed by atoms with Crippen LogP contribution in [0.15, 0.2) is 18.2 Å². The van der Waals surface area contributed by atoms with Crippen LogP contribution in [-0.2, 0) is 16.0 Å². The predicted molar refractivity (Wildman–Crippen MR) is 144 cm³/mol. The molecule has 12 heteroatoms. The highest BCUT2D eigenvalue weighted by atomic mass is 19.4. The molecule has 3 atom stereocenters. The molecule has 3 rings (SSSR count). The van der Waals surface area contributed by atoms with E-state index in [9.17, 15) is 32.7 Å². The minimum Gasteiger partial charge on any atom is -0.488 e. The molecule has 1 heterocycles. The summed E-state index contributed by atoms with van der Waals surface area (Å²) in [5.74, 6) is -0.878. The summed E-state index contributed by atoms with van der Waals surface area (Å²) >= 11 is 0. The number of hydrogen-bond acceptors (Lipinski definition) is 5. The molecule has 0 bridgehead atoms. The number of anilines is 1. The molecule has 0 radical (unpaired) electrons. The molecular weight excluding hydrogens is 529 g/mol. The van der Waals surface area contributed by atoms with Gasteiger partial charge in [-0.15, -0.1) is 0 Å². The summed E-state index contributed by atoms with van der Waals surface area (Å²) in [6.45, 7) is 3.95. The molecule has 9 nitrogen and oxygen atoms in total. The van der Waals surface area contributed by atoms with Crippen molar-refractivity contribution in [2.75, 3.05) is 32.1 Å². The molecule has 2 aliphatic rings. The molecule has 224 valence electrons. The quantitative estimate of drug-likeness (QED) is 0.436. The number of carbonyl (C=O) groups is 3. The third-order valence-electron chi connectivity index (χ3n) is 7.57. The number of aliphatic hydroxyl groups is 1. The van der Waals surface area contributed by atoms with Gasteiger partial charge in [-0.1, -0.05) is 26.2 Å². The maximum absolute atomic E-state index is 13.3. The standard InChI is InChI=1S/C28H41F3N4O5/c1-18-15-35(19(2)17-36)26(38)14-20-13-22(32-25(37)11-12-28(29,30)31)9-10-23(20)40-24(18)16-34(3)27(39)33-21-7-5-4-6-8-21/h9-10,13,18-19,21,24,36H,4-8,11-12,14-17H2,1-3H3,(H,32,37)(H,33,39)/t18-,19+,24+/m0/s1. The minimum atomic E-state index is -4.44. The smallest absolute Gasteiger partial charge is 0.389 e. The Morgan fingerprint density at radius 1 is 1.23 bits per heavy atom. The number of nitrogens with one attached hydrogen (secondary N) is 2. The third-order valence-corrected chi connectivity index (χ3v) is 7.57. The number of ether oxygens (including phenoxy) is 1. The molecular formula is C28H41F3N4O5. The van der Waals surface area contributed by atoms with Gasteiger partial charge < -0.3 is 30.3 Å². The molecule has 40 heavy (non-hydrogen) atoms. The van der Waals surface area contributed by atoms with E-state index in [0.29, 0.717) is 17.9 Å². The van der Waals surface area contributed by atoms with Crippen LogP contribution in [0, 0.1) is 5.92 Å². The van der Waals surface area contributed by atoms with Crippen molar-refractivity contribution in [2.24, 2.45) is 5.92 Å². The Bertz CT molecular complexity index is 1030. The van der Waals surface area contributed by atoms with Crippen LogP contribution in [0.2, 0.25) is 0 Å². The fourth-order valence-electron chi connectivity index (χ4n) is 5.09. The second-order valence-corrected chi connectivity index (χ2v) is 11.0. The number of fused-ring (bicyclic) bond motifs is 1. The highest BCUT2D eigenvalue weighted by molar-refractivity contribution is 5.91. The van der Waals surface area contributed by atoms with Crippen molar-refractivity contribution in [1.82, 2.24) is 15.1 Å². The Kier molecular flexibility index (Phi) is 11.1. The molecule has 1 aromatic rings. The van der Waals surface area contributed by atoms with Crippen molar-refractivity contribution >= 4 is 23.5 Å². The maximum Gasteiger partial charge on any atom is 0.389 e. The van der Waals surface area contributed by atoms with Gasteiger partial charge in [0.05, 0.1) is 32.0 Å². The minimum absolute atomic E-state index is 0.0939. The van der Waals surface area contributed by atoms with E-state index < -0.39 is 37.1 Å². The van der Waals surface area contributed by atoms with Gasteiger partial charge >= 0.3 is 12.2 Å². The number of hydrogen-bond donors (Lipinski definition) is 3. The second kappa shape index (κ2) is 14.0. The lowest BCUT2D eigenvalue weighted by atomic mass is 9.96. The van der Waals surface area contributed by atoms with Crippen molar-refractivity contribution in [2.45, 2.75) is 89.6 Å². The highest BCUT2D eigenvalue weighted by Crippen LogP contribution is 2.30. The summed E-state index contributed by atoms with van der Waals surface area (Å²) in [6.07, 6.45) is -1.74. The second-order valence-electron chi connectivity index (χ2n) is 11.0. The van der Waals surface area contributed by atoms with Gasteiger partial charge in [-0.25, -0.2) is 4.79 Å². The van der Waals surface area contributed by atoms with Gasteiger partial charge in [0.15, 0.2) is 0 Å². The molecule has 1 aliphatic heterocycles. The molecule has 3 N–H and O–H groups in total. The lowest BCUT2D eigenvalue weighted by Crippen LogP contribution is -2.50. The monoisotopic (exact) mass is 570 g/mol. The molecule has 1 fully saturated rings. The average molecular weight is 571 g/mol. The molecule has 4 amide bonds. The van der Waals surface area contributed by atoms with Gasteiger partial charge in [-0.2, -0.15) is 13.2 Å². The first-order chi connectivity index (χ1) is 18.9. The third kappa shape index (κ3) is 9.28. The lowest BCUT2D eigenvalue weighted by molar-refractivity contribution is -0.142. The number of halogens is 3. The first kappa shape index (κ1) is 31.5. The number of alkyl halides is 3. The van der Waals surface area contributed by atoms with E-state index in [1.54, 1.807) is 29.8 Å². The fraction of sp³-hybridized carbons (Fsp3) is 0.679. The van der Waals surface area contributed by atoms with Gasteiger partial charge in [-0.05, 0) is 38.0 Å². The highest BCUT2D eigenvalue weighted by Gasteiger charge is 2.32. The number of benzene rings is 1. The van der Waals surface area contributed by atoms with Gasteiger partial charge in [0, 0.05) is 43.2 Å². The number of likely N-dealkylation sites (N-methyl/N-ethyl adjacent to an activating group) is 1. The molecule has 0 unspecified atom stereocenters. The zero-order valence-corrected chi connectivity index (χ0v) is 23.4. The van der Waals surface area contributed by atoms with Crippen molar-refractivity contribution in [3.05, 3.63) is 23.8 Å².